The normalized spacial score (nSPS) is 26.6. The summed E-state index contributed by atoms with van der Waals surface area (Å²) < 4.78 is 0. The van der Waals surface area contributed by atoms with Crippen LogP contribution < -0.4 is 11.7 Å². The molecule has 1 heterocycles. The van der Waals surface area contributed by atoms with Gasteiger partial charge in [0.2, 0.25) is 0 Å². The van der Waals surface area contributed by atoms with Crippen molar-refractivity contribution in [1.29, 1.82) is 0 Å². The summed E-state index contributed by atoms with van der Waals surface area (Å²) in [7, 11) is 0. The molecule has 0 aromatic heterocycles. The van der Waals surface area contributed by atoms with E-state index in [1.165, 1.54) is 0 Å². The van der Waals surface area contributed by atoms with E-state index in [9.17, 15) is 0 Å². The fraction of sp³-hybridized carbons (Fsp3) is 1.00. The third-order valence-corrected chi connectivity index (χ3v) is 1.04. The fourth-order valence-electron chi connectivity index (χ4n) is 0.632. The van der Waals surface area contributed by atoms with Gasteiger partial charge in [0.1, 0.15) is 0 Å². The zero-order valence-corrected chi connectivity index (χ0v) is 4.17. The summed E-state index contributed by atoms with van der Waals surface area (Å²) in [6.07, 6.45) is 0. The van der Waals surface area contributed by atoms with Gasteiger partial charge in [-0.05, 0) is 0 Å². The maximum absolute atomic E-state index is 5.34. The first-order valence-corrected chi connectivity index (χ1v) is 2.28. The topological polar surface area (TPSA) is 58.5 Å². The molecule has 1 rings (SSSR count). The van der Waals surface area contributed by atoms with E-state index in [-0.39, 0.29) is 0 Å². The first kappa shape index (κ1) is 4.99. The first-order valence-electron chi connectivity index (χ1n) is 2.28. The molecule has 0 atom stereocenters. The number of hydrazine groups is 2. The van der Waals surface area contributed by atoms with Gasteiger partial charge in [-0.1, -0.05) is 0 Å². The van der Waals surface area contributed by atoms with Crippen LogP contribution in [-0.4, -0.2) is 29.8 Å². The standard InChI is InChI=1S/C3H10N4/c4-6-1-2-7(5)3-6/h1-5H2. The molecule has 4 nitrogen and oxygen atoms in total. The van der Waals surface area contributed by atoms with Crippen LogP contribution in [-0.2, 0) is 0 Å². The van der Waals surface area contributed by atoms with E-state index in [1.54, 1.807) is 10.0 Å². The number of nitrogens with two attached hydrogens (primary N) is 2. The van der Waals surface area contributed by atoms with Crippen molar-refractivity contribution in [3.05, 3.63) is 0 Å². The highest BCUT2D eigenvalue weighted by atomic mass is 15.6. The largest absolute Gasteiger partial charge is 0.267 e. The van der Waals surface area contributed by atoms with E-state index in [4.69, 9.17) is 11.7 Å². The Morgan fingerprint density at radius 3 is 1.57 bits per heavy atom. The van der Waals surface area contributed by atoms with Crippen molar-refractivity contribution in [2.24, 2.45) is 11.7 Å². The molecule has 0 unspecified atom stereocenters. The second kappa shape index (κ2) is 1.75. The fourth-order valence-corrected chi connectivity index (χ4v) is 0.632. The van der Waals surface area contributed by atoms with Crippen LogP contribution >= 0.6 is 0 Å². The molecule has 0 amide bonds. The van der Waals surface area contributed by atoms with Crippen LogP contribution in [0.1, 0.15) is 0 Å². The summed E-state index contributed by atoms with van der Waals surface area (Å²) >= 11 is 0. The predicted octanol–water partition coefficient (Wildman–Crippen LogP) is -1.69. The highest BCUT2D eigenvalue weighted by Gasteiger charge is 2.11. The van der Waals surface area contributed by atoms with Crippen LogP contribution in [0.25, 0.3) is 0 Å². The maximum Gasteiger partial charge on any atom is 0.0778 e. The van der Waals surface area contributed by atoms with Crippen LogP contribution in [0.5, 0.6) is 0 Å². The highest BCUT2D eigenvalue weighted by Crippen LogP contribution is 1.90. The predicted molar refractivity (Wildman–Crippen MR) is 26.7 cm³/mol. The van der Waals surface area contributed by atoms with Gasteiger partial charge in [0, 0.05) is 13.1 Å². The van der Waals surface area contributed by atoms with Crippen molar-refractivity contribution in [2.45, 2.75) is 0 Å². The van der Waals surface area contributed by atoms with Gasteiger partial charge < -0.3 is 0 Å². The first-order chi connectivity index (χ1) is 3.29. The van der Waals surface area contributed by atoms with Crippen molar-refractivity contribution in [3.63, 3.8) is 0 Å². The Hall–Kier alpha value is -0.160. The van der Waals surface area contributed by atoms with Gasteiger partial charge >= 0.3 is 0 Å². The summed E-state index contributed by atoms with van der Waals surface area (Å²) in [5.41, 5.74) is 0. The number of hydrogen-bond acceptors (Lipinski definition) is 4. The molecule has 1 saturated heterocycles. The molecule has 42 valence electrons. The molecule has 4 heteroatoms. The molecule has 1 fully saturated rings. The van der Waals surface area contributed by atoms with E-state index < -0.39 is 0 Å². The van der Waals surface area contributed by atoms with Gasteiger partial charge in [-0.15, -0.1) is 0 Å². The summed E-state index contributed by atoms with van der Waals surface area (Å²) in [5, 5.41) is 3.36. The molecule has 0 radical (unpaired) electrons. The van der Waals surface area contributed by atoms with Gasteiger partial charge in [-0.3, -0.25) is 11.7 Å². The van der Waals surface area contributed by atoms with Gasteiger partial charge in [0.05, 0.1) is 6.67 Å². The zero-order chi connectivity index (χ0) is 5.28. The molecule has 0 aromatic carbocycles. The smallest absolute Gasteiger partial charge is 0.0778 e. The summed E-state index contributed by atoms with van der Waals surface area (Å²) in [6.45, 7) is 2.47. The van der Waals surface area contributed by atoms with E-state index >= 15 is 0 Å². The molecule has 7 heavy (non-hydrogen) atoms. The van der Waals surface area contributed by atoms with Crippen molar-refractivity contribution in [3.8, 4) is 0 Å². The second-order valence-electron chi connectivity index (χ2n) is 1.77. The summed E-state index contributed by atoms with van der Waals surface area (Å²) in [6, 6.07) is 0. The lowest BCUT2D eigenvalue weighted by atomic mass is 10.7. The lowest BCUT2D eigenvalue weighted by Crippen LogP contribution is -2.33. The molecule has 4 N–H and O–H groups in total. The minimum absolute atomic E-state index is 0.694. The lowest BCUT2D eigenvalue weighted by Gasteiger charge is -2.05. The van der Waals surface area contributed by atoms with Gasteiger partial charge in [-0.2, -0.15) is 0 Å². The molecule has 0 aliphatic carbocycles. The zero-order valence-electron chi connectivity index (χ0n) is 4.17. The van der Waals surface area contributed by atoms with E-state index in [0.29, 0.717) is 6.67 Å². The van der Waals surface area contributed by atoms with E-state index in [0.717, 1.165) is 13.1 Å². The van der Waals surface area contributed by atoms with E-state index in [2.05, 4.69) is 0 Å². The second-order valence-corrected chi connectivity index (χ2v) is 1.77. The van der Waals surface area contributed by atoms with Gasteiger partial charge in [-0.25, -0.2) is 10.0 Å². The summed E-state index contributed by atoms with van der Waals surface area (Å²) in [5.74, 6) is 10.7. The van der Waals surface area contributed by atoms with Crippen LogP contribution in [0.4, 0.5) is 0 Å². The number of nitrogens with zero attached hydrogens (tertiary/aromatic N) is 2. The molecule has 0 saturated carbocycles. The number of hydrogen-bond donors (Lipinski definition) is 2. The van der Waals surface area contributed by atoms with Crippen molar-refractivity contribution in [1.82, 2.24) is 10.0 Å². The quantitative estimate of drug-likeness (QED) is 0.358. The molecular formula is C3H10N4. The SMILES string of the molecule is NN1CCN(N)C1. The molecular weight excluding hydrogens is 92.1 g/mol. The minimum atomic E-state index is 0.694. The van der Waals surface area contributed by atoms with Crippen LogP contribution in [0, 0.1) is 0 Å². The Bertz CT molecular complexity index is 56.0. The molecule has 1 aliphatic rings. The third kappa shape index (κ3) is 1.10. The third-order valence-electron chi connectivity index (χ3n) is 1.04. The Morgan fingerprint density at radius 1 is 1.00 bits per heavy atom. The molecule has 0 bridgehead atoms. The van der Waals surface area contributed by atoms with Crippen LogP contribution in [0.2, 0.25) is 0 Å². The van der Waals surface area contributed by atoms with Crippen molar-refractivity contribution < 1.29 is 0 Å². The Kier molecular flexibility index (Phi) is 1.25. The molecule has 0 aromatic rings. The van der Waals surface area contributed by atoms with Crippen molar-refractivity contribution in [2.75, 3.05) is 19.8 Å². The van der Waals surface area contributed by atoms with Crippen LogP contribution in [0.15, 0.2) is 0 Å². The van der Waals surface area contributed by atoms with Crippen molar-refractivity contribution >= 4 is 0 Å². The number of rotatable bonds is 0. The molecule has 1 aliphatic heterocycles. The van der Waals surface area contributed by atoms with Gasteiger partial charge in [0.25, 0.3) is 0 Å². The average molecular weight is 102 g/mol. The Balaban J connectivity index is 2.26. The Labute approximate surface area is 42.6 Å². The monoisotopic (exact) mass is 102 g/mol. The van der Waals surface area contributed by atoms with Gasteiger partial charge in [0.15, 0.2) is 0 Å². The highest BCUT2D eigenvalue weighted by molar-refractivity contribution is 4.58. The maximum atomic E-state index is 5.34. The lowest BCUT2D eigenvalue weighted by molar-refractivity contribution is 0.255. The Morgan fingerprint density at radius 2 is 1.43 bits per heavy atom. The summed E-state index contributed by atoms with van der Waals surface area (Å²) in [4.78, 5) is 0. The molecule has 0 spiro atoms. The average Bonchev–Trinajstić information content (AvgIpc) is 1.87. The minimum Gasteiger partial charge on any atom is -0.267 e. The van der Waals surface area contributed by atoms with Crippen LogP contribution in [0.3, 0.4) is 0 Å². The van der Waals surface area contributed by atoms with E-state index in [1.807, 2.05) is 0 Å².